The van der Waals surface area contributed by atoms with E-state index in [-0.39, 0.29) is 16.2 Å². The number of phenolic OH excluding ortho intramolecular Hbond substituents is 1. The first-order valence-electron chi connectivity index (χ1n) is 7.52. The van der Waals surface area contributed by atoms with E-state index in [1.54, 1.807) is 13.0 Å². The lowest BCUT2D eigenvalue weighted by Crippen LogP contribution is -2.30. The highest BCUT2D eigenvalue weighted by Crippen LogP contribution is 2.20. The van der Waals surface area contributed by atoms with E-state index < -0.39 is 28.0 Å². The molecule has 0 heterocycles. The van der Waals surface area contributed by atoms with Gasteiger partial charge < -0.3 is 15.2 Å². The topological polar surface area (TPSA) is 136 Å². The molecule has 8 nitrogen and oxygen atoms in total. The number of aromatic hydroxyl groups is 1. The van der Waals surface area contributed by atoms with E-state index in [0.29, 0.717) is 5.69 Å². The zero-order valence-electron chi connectivity index (χ0n) is 14.1. The minimum absolute atomic E-state index is 0.0484. The number of aryl methyl sites for hydroxylation is 1. The Labute approximate surface area is 150 Å². The standard InChI is InChI=1S/C17H18N2O6S/c1-10-3-8-14(15(20)9-10)17(22)25-11(2)16(21)19-12-4-6-13(7-5-12)26(18,23)24/h3-9,11,20H,1-2H3,(H,19,21)(H2,18,23,24)/t11-/m0/s1. The van der Waals surface area contributed by atoms with Gasteiger partial charge in [0.1, 0.15) is 11.3 Å². The lowest BCUT2D eigenvalue weighted by molar-refractivity contribution is -0.123. The second-order valence-corrected chi connectivity index (χ2v) is 7.19. The van der Waals surface area contributed by atoms with Crippen molar-refractivity contribution in [3.8, 4) is 5.75 Å². The fourth-order valence-corrected chi connectivity index (χ4v) is 2.58. The van der Waals surface area contributed by atoms with Crippen molar-refractivity contribution in [1.82, 2.24) is 0 Å². The molecule has 4 N–H and O–H groups in total. The Morgan fingerprint density at radius 1 is 1.15 bits per heavy atom. The van der Waals surface area contributed by atoms with Crippen molar-refractivity contribution in [3.63, 3.8) is 0 Å². The molecule has 2 aromatic carbocycles. The maximum atomic E-state index is 12.1. The van der Waals surface area contributed by atoms with Gasteiger partial charge in [0.2, 0.25) is 10.0 Å². The number of rotatable bonds is 5. The first-order chi connectivity index (χ1) is 12.1. The number of nitrogens with two attached hydrogens (primary N) is 1. The summed E-state index contributed by atoms with van der Waals surface area (Å²) in [5.41, 5.74) is 1.03. The molecule has 0 bridgehead atoms. The molecule has 0 saturated heterocycles. The molecule has 0 saturated carbocycles. The molecule has 138 valence electrons. The summed E-state index contributed by atoms with van der Waals surface area (Å²) in [7, 11) is -3.82. The number of benzene rings is 2. The zero-order valence-corrected chi connectivity index (χ0v) is 14.9. The number of primary sulfonamides is 1. The van der Waals surface area contributed by atoms with Crippen LogP contribution in [0, 0.1) is 6.92 Å². The highest BCUT2D eigenvalue weighted by Gasteiger charge is 2.21. The third-order valence-electron chi connectivity index (χ3n) is 3.48. The fraction of sp³-hybridized carbons (Fsp3) is 0.176. The van der Waals surface area contributed by atoms with Crippen LogP contribution in [0.15, 0.2) is 47.4 Å². The molecule has 1 atom stereocenters. The van der Waals surface area contributed by atoms with Crippen molar-refractivity contribution in [2.45, 2.75) is 24.8 Å². The summed E-state index contributed by atoms with van der Waals surface area (Å²) in [4.78, 5) is 24.1. The number of amides is 1. The van der Waals surface area contributed by atoms with Crippen LogP contribution in [0.4, 0.5) is 5.69 Å². The maximum absolute atomic E-state index is 12.1. The lowest BCUT2D eigenvalue weighted by Gasteiger charge is -2.14. The van der Waals surface area contributed by atoms with Crippen LogP contribution in [0.3, 0.4) is 0 Å². The Kier molecular flexibility index (Phi) is 5.63. The van der Waals surface area contributed by atoms with Crippen LogP contribution in [0.5, 0.6) is 5.75 Å². The molecule has 0 aliphatic rings. The maximum Gasteiger partial charge on any atom is 0.342 e. The van der Waals surface area contributed by atoms with Crippen molar-refractivity contribution in [3.05, 3.63) is 53.6 Å². The number of carbonyl (C=O) groups is 2. The van der Waals surface area contributed by atoms with Gasteiger partial charge in [-0.1, -0.05) is 6.07 Å². The molecule has 0 fully saturated rings. The summed E-state index contributed by atoms with van der Waals surface area (Å²) in [6.45, 7) is 3.13. The van der Waals surface area contributed by atoms with Gasteiger partial charge in [-0.2, -0.15) is 0 Å². The highest BCUT2D eigenvalue weighted by molar-refractivity contribution is 7.89. The summed E-state index contributed by atoms with van der Waals surface area (Å²) in [6.07, 6.45) is -1.14. The lowest BCUT2D eigenvalue weighted by atomic mass is 10.1. The molecule has 2 aromatic rings. The third-order valence-corrected chi connectivity index (χ3v) is 4.41. The smallest absolute Gasteiger partial charge is 0.342 e. The van der Waals surface area contributed by atoms with Crippen LogP contribution >= 0.6 is 0 Å². The number of esters is 1. The van der Waals surface area contributed by atoms with Crippen LogP contribution in [0.1, 0.15) is 22.8 Å². The van der Waals surface area contributed by atoms with Crippen LogP contribution in [0.25, 0.3) is 0 Å². The minimum Gasteiger partial charge on any atom is -0.507 e. The van der Waals surface area contributed by atoms with Gasteiger partial charge in [-0.05, 0) is 55.8 Å². The van der Waals surface area contributed by atoms with Crippen molar-refractivity contribution < 1.29 is 27.9 Å². The molecule has 0 radical (unpaired) electrons. The predicted octanol–water partition coefficient (Wildman–Crippen LogP) is 1.53. The van der Waals surface area contributed by atoms with E-state index >= 15 is 0 Å². The van der Waals surface area contributed by atoms with Gasteiger partial charge in [-0.25, -0.2) is 18.4 Å². The average molecular weight is 378 g/mol. The monoisotopic (exact) mass is 378 g/mol. The molecule has 26 heavy (non-hydrogen) atoms. The number of hydrogen-bond acceptors (Lipinski definition) is 6. The number of hydrogen-bond donors (Lipinski definition) is 3. The van der Waals surface area contributed by atoms with Gasteiger partial charge >= 0.3 is 5.97 Å². The SMILES string of the molecule is Cc1ccc(C(=O)O[C@@H](C)C(=O)Nc2ccc(S(N)(=O)=O)cc2)c(O)c1. The molecular formula is C17H18N2O6S. The number of ether oxygens (including phenoxy) is 1. The van der Waals surface area contributed by atoms with Crippen molar-refractivity contribution in [2.24, 2.45) is 5.14 Å². The van der Waals surface area contributed by atoms with Crippen LogP contribution in [-0.2, 0) is 19.6 Å². The van der Waals surface area contributed by atoms with E-state index in [1.165, 1.54) is 43.3 Å². The quantitative estimate of drug-likeness (QED) is 0.675. The summed E-state index contributed by atoms with van der Waals surface area (Å²) >= 11 is 0. The third kappa shape index (κ3) is 4.80. The Hall–Kier alpha value is -2.91. The van der Waals surface area contributed by atoms with Crippen LogP contribution in [0.2, 0.25) is 0 Å². The van der Waals surface area contributed by atoms with Gasteiger partial charge in [0.25, 0.3) is 5.91 Å². The van der Waals surface area contributed by atoms with E-state index in [0.717, 1.165) is 5.56 Å². The molecule has 1 amide bonds. The number of anilines is 1. The summed E-state index contributed by atoms with van der Waals surface area (Å²) < 4.78 is 27.4. The fourth-order valence-electron chi connectivity index (χ4n) is 2.06. The van der Waals surface area contributed by atoms with Gasteiger partial charge in [-0.15, -0.1) is 0 Å². The molecule has 2 rings (SSSR count). The summed E-state index contributed by atoms with van der Waals surface area (Å²) in [5.74, 6) is -1.69. The molecule has 0 aromatic heterocycles. The molecule has 0 aliphatic carbocycles. The van der Waals surface area contributed by atoms with E-state index in [9.17, 15) is 23.1 Å². The van der Waals surface area contributed by atoms with Gasteiger partial charge in [0, 0.05) is 5.69 Å². The van der Waals surface area contributed by atoms with E-state index in [4.69, 9.17) is 9.88 Å². The van der Waals surface area contributed by atoms with Crippen LogP contribution < -0.4 is 10.5 Å². The number of nitrogens with one attached hydrogen (secondary N) is 1. The van der Waals surface area contributed by atoms with Crippen LogP contribution in [-0.4, -0.2) is 31.5 Å². The second-order valence-electron chi connectivity index (χ2n) is 5.63. The number of sulfonamides is 1. The molecule has 0 aliphatic heterocycles. The molecular weight excluding hydrogens is 360 g/mol. The van der Waals surface area contributed by atoms with E-state index in [2.05, 4.69) is 5.32 Å². The van der Waals surface area contributed by atoms with Gasteiger partial charge in [0.15, 0.2) is 6.10 Å². The summed E-state index contributed by atoms with van der Waals surface area (Å²) in [5, 5.41) is 17.3. The number of carbonyl (C=O) groups excluding carboxylic acids is 2. The first-order valence-corrected chi connectivity index (χ1v) is 9.07. The molecule has 0 unspecified atom stereocenters. The Morgan fingerprint density at radius 2 is 1.77 bits per heavy atom. The highest BCUT2D eigenvalue weighted by atomic mass is 32.2. The Bertz CT molecular complexity index is 938. The van der Waals surface area contributed by atoms with Gasteiger partial charge in [0.05, 0.1) is 4.90 Å². The Morgan fingerprint density at radius 3 is 2.31 bits per heavy atom. The average Bonchev–Trinajstić information content (AvgIpc) is 2.54. The van der Waals surface area contributed by atoms with Crippen molar-refractivity contribution >= 4 is 27.6 Å². The first kappa shape index (κ1) is 19.4. The van der Waals surface area contributed by atoms with Gasteiger partial charge in [-0.3, -0.25) is 4.79 Å². The van der Waals surface area contributed by atoms with Crippen molar-refractivity contribution in [2.75, 3.05) is 5.32 Å². The van der Waals surface area contributed by atoms with Crippen molar-refractivity contribution in [1.29, 1.82) is 0 Å². The van der Waals surface area contributed by atoms with E-state index in [1.807, 2.05) is 0 Å². The minimum atomic E-state index is -3.82. The second kappa shape index (κ2) is 7.54. The number of phenols is 1. The normalized spacial score (nSPS) is 12.3. The summed E-state index contributed by atoms with van der Waals surface area (Å²) in [6, 6.07) is 9.65. The zero-order chi connectivity index (χ0) is 19.5. The molecule has 0 spiro atoms. The Balaban J connectivity index is 2.02. The molecule has 9 heteroatoms. The predicted molar refractivity (Wildman–Crippen MR) is 94.2 cm³/mol. The largest absolute Gasteiger partial charge is 0.507 e.